The summed E-state index contributed by atoms with van der Waals surface area (Å²) in [7, 11) is 0. The molecule has 8 heteroatoms. The lowest BCUT2D eigenvalue weighted by molar-refractivity contribution is 0.257. The summed E-state index contributed by atoms with van der Waals surface area (Å²) in [4.78, 5) is 26.5. The number of hydrogen-bond acceptors (Lipinski definition) is 5. The lowest BCUT2D eigenvalue weighted by atomic mass is 10.1. The average Bonchev–Trinajstić information content (AvgIpc) is 3.18. The average molecular weight is 418 g/mol. The van der Waals surface area contributed by atoms with E-state index in [9.17, 15) is 4.79 Å². The number of piperazine rings is 1. The molecule has 1 saturated carbocycles. The molecule has 6 rings (SSSR count). The number of anilines is 3. The van der Waals surface area contributed by atoms with Crippen LogP contribution in [0.1, 0.15) is 29.7 Å². The van der Waals surface area contributed by atoms with E-state index in [1.807, 2.05) is 42.9 Å². The van der Waals surface area contributed by atoms with Crippen molar-refractivity contribution in [2.45, 2.75) is 38.6 Å². The number of amides is 2. The van der Waals surface area contributed by atoms with Gasteiger partial charge in [0.1, 0.15) is 11.5 Å². The molecule has 3 aromatic heterocycles. The summed E-state index contributed by atoms with van der Waals surface area (Å²) in [5.41, 5.74) is 6.35. The van der Waals surface area contributed by atoms with E-state index in [-0.39, 0.29) is 6.03 Å². The molecular formula is C23H27N7O. The van der Waals surface area contributed by atoms with Crippen LogP contribution < -0.4 is 20.4 Å². The number of aryl methyl sites for hydroxylation is 2. The van der Waals surface area contributed by atoms with Gasteiger partial charge in [-0.2, -0.15) is 0 Å². The molecule has 2 N–H and O–H groups in total. The van der Waals surface area contributed by atoms with Crippen LogP contribution in [0.3, 0.4) is 0 Å². The first-order chi connectivity index (χ1) is 15.0. The zero-order chi connectivity index (χ0) is 21.2. The molecule has 0 atom stereocenters. The number of nitrogens with one attached hydrogen (secondary N) is 2. The molecular weight excluding hydrogens is 390 g/mol. The molecule has 2 amide bonds. The van der Waals surface area contributed by atoms with Crippen LogP contribution >= 0.6 is 0 Å². The van der Waals surface area contributed by atoms with Crippen molar-refractivity contribution in [2.24, 2.45) is 0 Å². The van der Waals surface area contributed by atoms with Crippen molar-refractivity contribution in [2.75, 3.05) is 41.3 Å². The third-order valence-corrected chi connectivity index (χ3v) is 6.83. The molecule has 1 aliphatic carbocycles. The van der Waals surface area contributed by atoms with Crippen LogP contribution in [0, 0.1) is 13.8 Å². The number of fused-ring (bicyclic) bond motifs is 2. The summed E-state index contributed by atoms with van der Waals surface area (Å²) in [6, 6.07) is 3.97. The van der Waals surface area contributed by atoms with E-state index in [4.69, 9.17) is 0 Å². The first-order valence-electron chi connectivity index (χ1n) is 11.0. The van der Waals surface area contributed by atoms with Crippen LogP contribution in [0.2, 0.25) is 0 Å². The topological polar surface area (TPSA) is 77.8 Å². The van der Waals surface area contributed by atoms with Crippen molar-refractivity contribution in [3.8, 4) is 0 Å². The maximum Gasteiger partial charge on any atom is 0.327 e. The summed E-state index contributed by atoms with van der Waals surface area (Å²) in [6.45, 7) is 7.65. The summed E-state index contributed by atoms with van der Waals surface area (Å²) in [6.07, 6.45) is 9.08. The van der Waals surface area contributed by atoms with Crippen molar-refractivity contribution in [1.82, 2.24) is 19.7 Å². The number of hydrogen-bond donors (Lipinski definition) is 2. The molecule has 1 saturated heterocycles. The predicted molar refractivity (Wildman–Crippen MR) is 121 cm³/mol. The Labute approximate surface area is 181 Å². The van der Waals surface area contributed by atoms with Gasteiger partial charge in [-0.3, -0.25) is 4.90 Å². The second-order valence-electron chi connectivity index (χ2n) is 9.11. The Morgan fingerprint density at radius 3 is 2.94 bits per heavy atom. The lowest BCUT2D eigenvalue weighted by Gasteiger charge is -2.36. The van der Waals surface area contributed by atoms with E-state index < -0.39 is 0 Å². The van der Waals surface area contributed by atoms with E-state index >= 15 is 0 Å². The third kappa shape index (κ3) is 3.13. The highest BCUT2D eigenvalue weighted by Gasteiger charge is 2.46. The van der Waals surface area contributed by atoms with Crippen molar-refractivity contribution < 1.29 is 4.79 Å². The minimum atomic E-state index is -0.137. The number of nitrogens with zero attached hydrogens (tertiary/aromatic N) is 5. The molecule has 0 radical (unpaired) electrons. The molecule has 3 aromatic rings. The van der Waals surface area contributed by atoms with E-state index in [1.165, 1.54) is 24.1 Å². The second kappa shape index (κ2) is 6.68. The normalized spacial score (nSPS) is 19.2. The Balaban J connectivity index is 1.26. The van der Waals surface area contributed by atoms with Crippen molar-refractivity contribution >= 4 is 28.9 Å². The molecule has 5 heterocycles. The number of urea groups is 1. The van der Waals surface area contributed by atoms with Gasteiger partial charge in [0.2, 0.25) is 0 Å². The van der Waals surface area contributed by atoms with Gasteiger partial charge in [-0.15, -0.1) is 0 Å². The summed E-state index contributed by atoms with van der Waals surface area (Å²) in [5, 5.41) is 6.76. The Bertz CT molecular complexity index is 1200. The van der Waals surface area contributed by atoms with E-state index in [1.54, 1.807) is 4.90 Å². The lowest BCUT2D eigenvalue weighted by Crippen LogP contribution is -2.52. The summed E-state index contributed by atoms with van der Waals surface area (Å²) >= 11 is 0. The summed E-state index contributed by atoms with van der Waals surface area (Å²) in [5.74, 6) is 0.788. The fourth-order valence-corrected chi connectivity index (χ4v) is 4.99. The zero-order valence-corrected chi connectivity index (χ0v) is 18.0. The number of aromatic nitrogens is 3. The highest BCUT2D eigenvalue weighted by Crippen LogP contribution is 2.41. The largest absolute Gasteiger partial charge is 0.368 e. The van der Waals surface area contributed by atoms with Gasteiger partial charge in [-0.05, 0) is 50.8 Å². The van der Waals surface area contributed by atoms with Crippen LogP contribution in [0.25, 0.3) is 5.65 Å². The quantitative estimate of drug-likeness (QED) is 0.671. The molecule has 31 heavy (non-hydrogen) atoms. The molecule has 3 aliphatic rings. The minimum Gasteiger partial charge on any atom is -0.368 e. The van der Waals surface area contributed by atoms with Gasteiger partial charge in [-0.25, -0.2) is 14.8 Å². The molecule has 0 unspecified atom stereocenters. The molecule has 1 spiro atoms. The number of rotatable bonds is 2. The van der Waals surface area contributed by atoms with Gasteiger partial charge in [0, 0.05) is 61.6 Å². The first-order valence-corrected chi connectivity index (χ1v) is 11.0. The Hall–Kier alpha value is -3.13. The van der Waals surface area contributed by atoms with Gasteiger partial charge in [0.15, 0.2) is 0 Å². The maximum atomic E-state index is 13.2. The molecule has 8 nitrogen and oxygen atoms in total. The Morgan fingerprint density at radius 1 is 1.23 bits per heavy atom. The maximum absolute atomic E-state index is 13.2. The SMILES string of the molecule is Cc1cn2cc(NC(=O)N3CCc4c(N5CCNC6(CC6)C5)ccnc43)c(C)cc2n1. The minimum absolute atomic E-state index is 0.137. The molecule has 0 bridgehead atoms. The standard InChI is InChI=1S/C23H27N7O/c1-15-11-20-26-16(2)12-29(20)13-18(15)27-22(31)30-9-4-17-19(3-7-24-21(17)30)28-10-8-25-23(14-28)5-6-23/h3,7,11-13,25H,4-6,8-10,14H2,1-2H3,(H,27,31). The van der Waals surface area contributed by atoms with Gasteiger partial charge >= 0.3 is 6.03 Å². The van der Waals surface area contributed by atoms with E-state index in [0.717, 1.165) is 54.5 Å². The van der Waals surface area contributed by atoms with Gasteiger partial charge < -0.3 is 19.9 Å². The van der Waals surface area contributed by atoms with Crippen LogP contribution in [-0.2, 0) is 6.42 Å². The molecule has 0 aromatic carbocycles. The highest BCUT2D eigenvalue weighted by molar-refractivity contribution is 6.03. The number of carbonyl (C=O) groups is 1. The van der Waals surface area contributed by atoms with Crippen molar-refractivity contribution in [1.29, 1.82) is 0 Å². The Kier molecular flexibility index (Phi) is 4.02. The van der Waals surface area contributed by atoms with Gasteiger partial charge in [-0.1, -0.05) is 0 Å². The van der Waals surface area contributed by atoms with Crippen LogP contribution in [0.15, 0.2) is 30.7 Å². The summed E-state index contributed by atoms with van der Waals surface area (Å²) < 4.78 is 1.95. The molecule has 160 valence electrons. The fourth-order valence-electron chi connectivity index (χ4n) is 4.99. The number of carbonyl (C=O) groups excluding carboxylic acids is 1. The number of imidazole rings is 1. The fraction of sp³-hybridized carbons (Fsp3) is 0.435. The van der Waals surface area contributed by atoms with Crippen molar-refractivity contribution in [3.05, 3.63) is 47.5 Å². The molecule has 2 aliphatic heterocycles. The van der Waals surface area contributed by atoms with Gasteiger partial charge in [0.05, 0.1) is 11.4 Å². The monoisotopic (exact) mass is 417 g/mol. The third-order valence-electron chi connectivity index (χ3n) is 6.83. The van der Waals surface area contributed by atoms with Gasteiger partial charge in [0.25, 0.3) is 0 Å². The van der Waals surface area contributed by atoms with Crippen LogP contribution in [0.4, 0.5) is 22.0 Å². The van der Waals surface area contributed by atoms with E-state index in [0.29, 0.717) is 12.1 Å². The number of pyridine rings is 2. The van der Waals surface area contributed by atoms with Crippen molar-refractivity contribution in [3.63, 3.8) is 0 Å². The highest BCUT2D eigenvalue weighted by atomic mass is 16.2. The molecule has 2 fully saturated rings. The zero-order valence-electron chi connectivity index (χ0n) is 18.0. The van der Waals surface area contributed by atoms with Crippen LogP contribution in [-0.4, -0.2) is 52.1 Å². The predicted octanol–water partition coefficient (Wildman–Crippen LogP) is 2.88. The van der Waals surface area contributed by atoms with E-state index in [2.05, 4.69) is 31.6 Å². The second-order valence-corrected chi connectivity index (χ2v) is 9.11. The smallest absolute Gasteiger partial charge is 0.327 e. The first kappa shape index (κ1) is 18.6. The Morgan fingerprint density at radius 2 is 2.10 bits per heavy atom. The van der Waals surface area contributed by atoms with Crippen LogP contribution in [0.5, 0.6) is 0 Å².